The first-order valence-corrected chi connectivity index (χ1v) is 6.92. The highest BCUT2D eigenvalue weighted by atomic mass is 19.1. The highest BCUT2D eigenvalue weighted by Gasteiger charge is 2.32. The molecule has 2 aromatic carbocycles. The summed E-state index contributed by atoms with van der Waals surface area (Å²) in [4.78, 5) is 23.9. The Kier molecular flexibility index (Phi) is 4.81. The maximum Gasteiger partial charge on any atom is 0.141 e. The van der Waals surface area contributed by atoms with Crippen LogP contribution in [0.3, 0.4) is 0 Å². The fraction of sp³-hybridized carbons (Fsp3) is 0.222. The van der Waals surface area contributed by atoms with Crippen LogP contribution in [0, 0.1) is 17.6 Å². The third kappa shape index (κ3) is 3.45. The van der Waals surface area contributed by atoms with Gasteiger partial charge in [-0.2, -0.15) is 0 Å². The molecule has 2 aromatic rings. The molecule has 0 N–H and O–H groups in total. The van der Waals surface area contributed by atoms with Crippen molar-refractivity contribution in [3.63, 3.8) is 0 Å². The van der Waals surface area contributed by atoms with E-state index in [1.807, 2.05) is 0 Å². The highest BCUT2D eigenvalue weighted by molar-refractivity contribution is 6.01. The molecule has 0 heterocycles. The summed E-state index contributed by atoms with van der Waals surface area (Å²) < 4.78 is 26.3. The van der Waals surface area contributed by atoms with Gasteiger partial charge in [0.05, 0.1) is 5.92 Å². The topological polar surface area (TPSA) is 34.1 Å². The van der Waals surface area contributed by atoms with Crippen LogP contribution in [0.5, 0.6) is 0 Å². The number of hydrogen-bond acceptors (Lipinski definition) is 2. The highest BCUT2D eigenvalue weighted by Crippen LogP contribution is 2.33. The first-order valence-electron chi connectivity index (χ1n) is 6.92. The van der Waals surface area contributed by atoms with Crippen LogP contribution in [0.4, 0.5) is 8.78 Å². The predicted octanol–water partition coefficient (Wildman–Crippen LogP) is 3.89. The summed E-state index contributed by atoms with van der Waals surface area (Å²) in [7, 11) is 0. The molecule has 0 unspecified atom stereocenters. The second-order valence-corrected chi connectivity index (χ2v) is 5.28. The molecular formula is C18H16F2O2. The Morgan fingerprint density at radius 2 is 1.05 bits per heavy atom. The van der Waals surface area contributed by atoms with E-state index in [2.05, 4.69) is 0 Å². The molecule has 2 rings (SSSR count). The summed E-state index contributed by atoms with van der Waals surface area (Å²) in [5.41, 5.74) is 1.28. The molecule has 0 saturated heterocycles. The molecule has 0 amide bonds. The third-order valence-corrected chi connectivity index (χ3v) is 3.67. The zero-order valence-corrected chi connectivity index (χ0v) is 12.3. The standard InChI is InChI=1S/C18H16F2O2/c1-11(21)17(12(2)22)18(13-3-7-15(19)8-4-13)14-5-9-16(20)10-6-14/h3-10,17-18H,1-2H3. The van der Waals surface area contributed by atoms with Crippen molar-refractivity contribution in [2.75, 3.05) is 0 Å². The lowest BCUT2D eigenvalue weighted by atomic mass is 9.77. The van der Waals surface area contributed by atoms with E-state index in [4.69, 9.17) is 0 Å². The van der Waals surface area contributed by atoms with Crippen LogP contribution < -0.4 is 0 Å². The maximum absolute atomic E-state index is 13.1. The van der Waals surface area contributed by atoms with Crippen LogP contribution in [0.1, 0.15) is 30.9 Å². The second-order valence-electron chi connectivity index (χ2n) is 5.28. The molecule has 114 valence electrons. The van der Waals surface area contributed by atoms with Gasteiger partial charge in [-0.25, -0.2) is 8.78 Å². The molecule has 0 radical (unpaired) electrons. The number of hydrogen-bond donors (Lipinski definition) is 0. The molecule has 0 fully saturated rings. The van der Waals surface area contributed by atoms with Crippen molar-refractivity contribution >= 4 is 11.6 Å². The Hall–Kier alpha value is -2.36. The average Bonchev–Trinajstić information content (AvgIpc) is 2.46. The predicted molar refractivity (Wildman–Crippen MR) is 79.5 cm³/mol. The number of halogens is 2. The summed E-state index contributed by atoms with van der Waals surface area (Å²) in [6, 6.07) is 11.3. The van der Waals surface area contributed by atoms with Crippen LogP contribution in [0.25, 0.3) is 0 Å². The molecule has 0 aliphatic heterocycles. The third-order valence-electron chi connectivity index (χ3n) is 3.67. The van der Waals surface area contributed by atoms with Crippen LogP contribution in [0.15, 0.2) is 48.5 Å². The summed E-state index contributed by atoms with van der Waals surface area (Å²) >= 11 is 0. The van der Waals surface area contributed by atoms with Gasteiger partial charge in [0.1, 0.15) is 23.2 Å². The normalized spacial score (nSPS) is 11.0. The second kappa shape index (κ2) is 6.60. The first kappa shape index (κ1) is 16.0. The van der Waals surface area contributed by atoms with E-state index in [1.54, 1.807) is 24.3 Å². The Balaban J connectivity index is 2.57. The van der Waals surface area contributed by atoms with E-state index in [9.17, 15) is 18.4 Å². The van der Waals surface area contributed by atoms with E-state index < -0.39 is 23.5 Å². The Labute approximate surface area is 127 Å². The van der Waals surface area contributed by atoms with Crippen LogP contribution in [0.2, 0.25) is 0 Å². The van der Waals surface area contributed by atoms with E-state index in [0.717, 1.165) is 0 Å². The zero-order chi connectivity index (χ0) is 16.3. The van der Waals surface area contributed by atoms with Gasteiger partial charge in [-0.1, -0.05) is 24.3 Å². The molecule has 0 spiro atoms. The summed E-state index contributed by atoms with van der Waals surface area (Å²) in [5.74, 6) is -2.78. The van der Waals surface area contributed by atoms with Gasteiger partial charge in [0.15, 0.2) is 0 Å². The average molecular weight is 302 g/mol. The van der Waals surface area contributed by atoms with Gasteiger partial charge in [-0.05, 0) is 49.2 Å². The molecular weight excluding hydrogens is 286 g/mol. The number of carbonyl (C=O) groups is 2. The lowest BCUT2D eigenvalue weighted by Gasteiger charge is -2.24. The van der Waals surface area contributed by atoms with E-state index in [-0.39, 0.29) is 11.6 Å². The van der Waals surface area contributed by atoms with Crippen molar-refractivity contribution in [1.29, 1.82) is 0 Å². The van der Waals surface area contributed by atoms with Crippen molar-refractivity contribution in [2.24, 2.45) is 5.92 Å². The summed E-state index contributed by atoms with van der Waals surface area (Å²) in [5, 5.41) is 0. The first-order chi connectivity index (χ1) is 10.4. The van der Waals surface area contributed by atoms with Crippen molar-refractivity contribution in [1.82, 2.24) is 0 Å². The number of Topliss-reactive ketones (excluding diaryl/α,β-unsaturated/α-hetero) is 2. The smallest absolute Gasteiger partial charge is 0.141 e. The van der Waals surface area contributed by atoms with Crippen LogP contribution in [-0.2, 0) is 9.59 Å². The van der Waals surface area contributed by atoms with Gasteiger partial charge in [-0.15, -0.1) is 0 Å². The van der Waals surface area contributed by atoms with Gasteiger partial charge in [0.2, 0.25) is 0 Å². The zero-order valence-electron chi connectivity index (χ0n) is 12.3. The summed E-state index contributed by atoms with van der Waals surface area (Å²) in [6.45, 7) is 2.71. The summed E-state index contributed by atoms with van der Waals surface area (Å²) in [6.07, 6.45) is 0. The molecule has 22 heavy (non-hydrogen) atoms. The van der Waals surface area contributed by atoms with E-state index in [1.165, 1.54) is 38.1 Å². The molecule has 4 heteroatoms. The number of ketones is 2. The number of carbonyl (C=O) groups excluding carboxylic acids is 2. The van der Waals surface area contributed by atoms with Crippen LogP contribution in [-0.4, -0.2) is 11.6 Å². The van der Waals surface area contributed by atoms with Crippen molar-refractivity contribution in [3.05, 3.63) is 71.3 Å². The SMILES string of the molecule is CC(=O)C(C(C)=O)C(c1ccc(F)cc1)c1ccc(F)cc1. The van der Waals surface area contributed by atoms with E-state index >= 15 is 0 Å². The van der Waals surface area contributed by atoms with E-state index in [0.29, 0.717) is 11.1 Å². The quantitative estimate of drug-likeness (QED) is 0.785. The van der Waals surface area contributed by atoms with Gasteiger partial charge in [0, 0.05) is 5.92 Å². The molecule has 0 saturated carbocycles. The molecule has 0 aromatic heterocycles. The van der Waals surface area contributed by atoms with Crippen molar-refractivity contribution < 1.29 is 18.4 Å². The van der Waals surface area contributed by atoms with Gasteiger partial charge >= 0.3 is 0 Å². The Bertz CT molecular complexity index is 616. The largest absolute Gasteiger partial charge is 0.299 e. The molecule has 0 bridgehead atoms. The maximum atomic E-state index is 13.1. The number of rotatable bonds is 5. The molecule has 0 aliphatic carbocycles. The Morgan fingerprint density at radius 3 is 1.32 bits per heavy atom. The van der Waals surface area contributed by atoms with Crippen molar-refractivity contribution in [2.45, 2.75) is 19.8 Å². The van der Waals surface area contributed by atoms with Gasteiger partial charge in [0.25, 0.3) is 0 Å². The minimum atomic E-state index is -0.879. The fourth-order valence-electron chi connectivity index (χ4n) is 2.67. The van der Waals surface area contributed by atoms with Gasteiger partial charge in [-0.3, -0.25) is 9.59 Å². The number of benzene rings is 2. The van der Waals surface area contributed by atoms with Crippen molar-refractivity contribution in [3.8, 4) is 0 Å². The minimum Gasteiger partial charge on any atom is -0.299 e. The van der Waals surface area contributed by atoms with Gasteiger partial charge < -0.3 is 0 Å². The lowest BCUT2D eigenvalue weighted by molar-refractivity contribution is -0.130. The Morgan fingerprint density at radius 1 is 0.727 bits per heavy atom. The molecule has 2 nitrogen and oxygen atoms in total. The monoisotopic (exact) mass is 302 g/mol. The lowest BCUT2D eigenvalue weighted by Crippen LogP contribution is -2.27. The van der Waals surface area contributed by atoms with Crippen LogP contribution >= 0.6 is 0 Å². The minimum absolute atomic E-state index is 0.272. The fourth-order valence-corrected chi connectivity index (χ4v) is 2.67. The molecule has 0 atom stereocenters. The molecule has 0 aliphatic rings.